The molecule has 1 aromatic carbocycles. The van der Waals surface area contributed by atoms with Gasteiger partial charge in [0, 0.05) is 18.4 Å². The van der Waals surface area contributed by atoms with Gasteiger partial charge in [0.2, 0.25) is 0 Å². The molecule has 0 bridgehead atoms. The second kappa shape index (κ2) is 11.5. The van der Waals surface area contributed by atoms with E-state index in [0.717, 1.165) is 46.7 Å². The minimum atomic E-state index is -4.52. The molecule has 0 aliphatic carbocycles. The molecule has 3 N–H and O–H groups in total. The highest BCUT2D eigenvalue weighted by Gasteiger charge is 2.24. The molecule has 2 amide bonds. The van der Waals surface area contributed by atoms with Crippen molar-refractivity contribution < 1.29 is 13.2 Å². The maximum absolute atomic E-state index is 12.9. The number of carbonyl (C=O) groups is 1. The maximum Gasteiger partial charge on any atom is 0.333 e. The smallest absolute Gasteiger partial charge is 0.307 e. The third-order valence-electron chi connectivity index (χ3n) is 5.57. The fraction of sp³-hybridized carbons (Fsp3) is 0.542. The standard InChI is InChI=1S/C24H36N4O5S/c1-7-8-9-10-11-28-14-20(22(29)26-24(28)31)34(32,33)27-23(30)25-21-18(15(2)3)12-17(6)13-19(21)16(4)5/h12-16H,7-11H2,1-6H3,(H2,25,27,30)(H,26,29,31). The van der Waals surface area contributed by atoms with E-state index in [2.05, 4.69) is 12.2 Å². The monoisotopic (exact) mass is 492 g/mol. The summed E-state index contributed by atoms with van der Waals surface area (Å²) in [4.78, 5) is 38.5. The summed E-state index contributed by atoms with van der Waals surface area (Å²) in [5, 5.41) is 2.68. The van der Waals surface area contributed by atoms with E-state index in [1.165, 1.54) is 0 Å². The SMILES string of the molecule is CCCCCCn1cc(S(=O)(=O)NC(=O)Nc2c(C(C)C)cc(C)cc2C(C)C)c(=O)[nH]c1=O. The quantitative estimate of drug-likeness (QED) is 0.428. The number of benzene rings is 1. The summed E-state index contributed by atoms with van der Waals surface area (Å²) in [6.07, 6.45) is 4.53. The van der Waals surface area contributed by atoms with E-state index < -0.39 is 32.2 Å². The molecule has 10 heteroatoms. The van der Waals surface area contributed by atoms with Crippen molar-refractivity contribution in [3.05, 3.63) is 55.9 Å². The lowest BCUT2D eigenvalue weighted by atomic mass is 9.90. The molecule has 0 saturated heterocycles. The van der Waals surface area contributed by atoms with Crippen LogP contribution in [0, 0.1) is 6.92 Å². The van der Waals surface area contributed by atoms with Crippen LogP contribution in [0.5, 0.6) is 0 Å². The van der Waals surface area contributed by atoms with E-state index in [0.29, 0.717) is 12.1 Å². The second-order valence-electron chi connectivity index (χ2n) is 9.19. The Kier molecular flexibility index (Phi) is 9.26. The Labute approximate surface area is 201 Å². The number of nitrogens with zero attached hydrogens (tertiary/aromatic N) is 1. The van der Waals surface area contributed by atoms with Crippen LogP contribution in [0.1, 0.15) is 88.8 Å². The van der Waals surface area contributed by atoms with Crippen molar-refractivity contribution in [1.82, 2.24) is 14.3 Å². The summed E-state index contributed by atoms with van der Waals surface area (Å²) in [6.45, 7) is 12.2. The lowest BCUT2D eigenvalue weighted by molar-refractivity contribution is 0.256. The van der Waals surface area contributed by atoms with Gasteiger partial charge >= 0.3 is 11.7 Å². The number of sulfonamides is 1. The summed E-state index contributed by atoms with van der Waals surface area (Å²) < 4.78 is 28.8. The predicted octanol–water partition coefficient (Wildman–Crippen LogP) is 4.18. The van der Waals surface area contributed by atoms with Crippen LogP contribution >= 0.6 is 0 Å². The van der Waals surface area contributed by atoms with Crippen molar-refractivity contribution in [2.75, 3.05) is 5.32 Å². The Balaban J connectivity index is 2.34. The maximum atomic E-state index is 12.9. The van der Waals surface area contributed by atoms with Gasteiger partial charge in [0.25, 0.3) is 15.6 Å². The fourth-order valence-electron chi connectivity index (χ4n) is 3.77. The molecule has 188 valence electrons. The molecule has 0 radical (unpaired) electrons. The van der Waals surface area contributed by atoms with E-state index in [-0.39, 0.29) is 18.4 Å². The van der Waals surface area contributed by atoms with Crippen molar-refractivity contribution in [3.63, 3.8) is 0 Å². The van der Waals surface area contributed by atoms with Crippen molar-refractivity contribution >= 4 is 21.7 Å². The van der Waals surface area contributed by atoms with Crippen LogP contribution in [0.3, 0.4) is 0 Å². The third-order valence-corrected chi connectivity index (χ3v) is 6.90. The minimum Gasteiger partial charge on any atom is -0.307 e. The third kappa shape index (κ3) is 6.82. The van der Waals surface area contributed by atoms with E-state index in [4.69, 9.17) is 0 Å². The molecular formula is C24H36N4O5S. The molecule has 0 spiro atoms. The fourth-order valence-corrected chi connectivity index (χ4v) is 4.74. The number of aryl methyl sites for hydroxylation is 2. The Hall–Kier alpha value is -2.88. The van der Waals surface area contributed by atoms with E-state index in [9.17, 15) is 22.8 Å². The number of hydrogen-bond acceptors (Lipinski definition) is 5. The van der Waals surface area contributed by atoms with Gasteiger partial charge in [-0.05, 0) is 36.3 Å². The van der Waals surface area contributed by atoms with Crippen molar-refractivity contribution in [2.24, 2.45) is 0 Å². The number of nitrogens with one attached hydrogen (secondary N) is 3. The first-order valence-electron chi connectivity index (χ1n) is 11.7. The van der Waals surface area contributed by atoms with Crippen LogP contribution in [0.15, 0.2) is 32.8 Å². The predicted molar refractivity (Wildman–Crippen MR) is 134 cm³/mol. The molecular weight excluding hydrogens is 456 g/mol. The molecule has 0 unspecified atom stereocenters. The van der Waals surface area contributed by atoms with Crippen molar-refractivity contribution in [2.45, 2.75) is 90.5 Å². The van der Waals surface area contributed by atoms with Gasteiger partial charge in [0.1, 0.15) is 0 Å². The first kappa shape index (κ1) is 27.4. The first-order chi connectivity index (χ1) is 15.9. The molecule has 0 saturated carbocycles. The van der Waals surface area contributed by atoms with E-state index in [1.807, 2.05) is 56.5 Å². The zero-order chi connectivity index (χ0) is 25.6. The number of urea groups is 1. The number of anilines is 1. The number of amides is 2. The lowest BCUT2D eigenvalue weighted by Gasteiger charge is -2.21. The van der Waals surface area contributed by atoms with Crippen LogP contribution in [-0.4, -0.2) is 24.0 Å². The van der Waals surface area contributed by atoms with Gasteiger partial charge < -0.3 is 5.32 Å². The molecule has 2 rings (SSSR count). The van der Waals surface area contributed by atoms with Gasteiger partial charge in [0.05, 0.1) is 0 Å². The molecule has 9 nitrogen and oxygen atoms in total. The van der Waals surface area contributed by atoms with Crippen molar-refractivity contribution in [3.8, 4) is 0 Å². The zero-order valence-corrected chi connectivity index (χ0v) is 21.6. The Morgan fingerprint density at radius 2 is 1.62 bits per heavy atom. The molecule has 1 aromatic heterocycles. The molecule has 34 heavy (non-hydrogen) atoms. The summed E-state index contributed by atoms with van der Waals surface area (Å²) in [7, 11) is -4.52. The summed E-state index contributed by atoms with van der Waals surface area (Å²) in [5.41, 5.74) is 1.60. The molecule has 0 fully saturated rings. The van der Waals surface area contributed by atoms with Gasteiger partial charge in [-0.15, -0.1) is 0 Å². The first-order valence-corrected chi connectivity index (χ1v) is 13.2. The molecule has 0 atom stereocenters. The number of aromatic amines is 1. The van der Waals surface area contributed by atoms with Gasteiger partial charge in [-0.3, -0.25) is 14.3 Å². The number of unbranched alkanes of at least 4 members (excludes halogenated alkanes) is 3. The number of carbonyl (C=O) groups excluding carboxylic acids is 1. The molecule has 1 heterocycles. The average Bonchev–Trinajstić information content (AvgIpc) is 2.72. The van der Waals surface area contributed by atoms with Gasteiger partial charge in [-0.2, -0.15) is 0 Å². The average molecular weight is 493 g/mol. The minimum absolute atomic E-state index is 0.0865. The number of rotatable bonds is 10. The van der Waals surface area contributed by atoms with Crippen LogP contribution in [0.4, 0.5) is 10.5 Å². The highest BCUT2D eigenvalue weighted by molar-refractivity contribution is 7.90. The molecule has 2 aromatic rings. The highest BCUT2D eigenvalue weighted by atomic mass is 32.2. The van der Waals surface area contributed by atoms with Crippen molar-refractivity contribution in [1.29, 1.82) is 0 Å². The Morgan fingerprint density at radius 1 is 1.03 bits per heavy atom. The Morgan fingerprint density at radius 3 is 2.15 bits per heavy atom. The zero-order valence-electron chi connectivity index (χ0n) is 20.8. The number of H-pyrrole nitrogens is 1. The van der Waals surface area contributed by atoms with Gasteiger partial charge in [0.15, 0.2) is 4.90 Å². The normalized spacial score (nSPS) is 11.8. The topological polar surface area (TPSA) is 130 Å². The second-order valence-corrected chi connectivity index (χ2v) is 10.8. The lowest BCUT2D eigenvalue weighted by Crippen LogP contribution is -2.40. The summed E-state index contributed by atoms with van der Waals surface area (Å²) >= 11 is 0. The van der Waals surface area contributed by atoms with Crippen LogP contribution < -0.4 is 21.3 Å². The van der Waals surface area contributed by atoms with E-state index in [1.54, 1.807) is 0 Å². The van der Waals surface area contributed by atoms with Crippen LogP contribution in [0.25, 0.3) is 0 Å². The van der Waals surface area contributed by atoms with Gasteiger partial charge in [-0.25, -0.2) is 22.7 Å². The van der Waals surface area contributed by atoms with Gasteiger partial charge in [-0.1, -0.05) is 71.6 Å². The van der Waals surface area contributed by atoms with Crippen LogP contribution in [-0.2, 0) is 16.6 Å². The summed E-state index contributed by atoms with van der Waals surface area (Å²) in [6, 6.07) is 2.94. The highest BCUT2D eigenvalue weighted by Crippen LogP contribution is 2.33. The number of hydrogen-bond donors (Lipinski definition) is 3. The molecule has 0 aliphatic rings. The largest absolute Gasteiger partial charge is 0.333 e. The number of aromatic nitrogens is 2. The summed E-state index contributed by atoms with van der Waals surface area (Å²) in [5.74, 6) is 0.173. The van der Waals surface area contributed by atoms with Crippen LogP contribution in [0.2, 0.25) is 0 Å². The molecule has 0 aliphatic heterocycles. The Bertz CT molecular complexity index is 1210. The van der Waals surface area contributed by atoms with E-state index >= 15 is 0 Å².